The number of fused-ring (bicyclic) bond motifs is 1. The number of aromatic nitrogens is 2. The summed E-state index contributed by atoms with van der Waals surface area (Å²) in [4.78, 5) is 30.2. The zero-order valence-corrected chi connectivity index (χ0v) is 27.3. The van der Waals surface area contributed by atoms with Crippen molar-refractivity contribution in [2.75, 3.05) is 18.4 Å². The molecule has 0 radical (unpaired) electrons. The van der Waals surface area contributed by atoms with Crippen molar-refractivity contribution in [1.82, 2.24) is 20.0 Å². The number of nitrogens with one attached hydrogen (secondary N) is 3. The summed E-state index contributed by atoms with van der Waals surface area (Å²) in [5.74, 6) is -0.867. The number of carbonyl (C=O) groups is 2. The molecular weight excluding hydrogens is 586 g/mol. The molecule has 9 heteroatoms. The van der Waals surface area contributed by atoms with E-state index in [1.165, 1.54) is 22.2 Å². The van der Waals surface area contributed by atoms with Gasteiger partial charge in [-0.1, -0.05) is 48.5 Å². The molecule has 1 unspecified atom stereocenters. The predicted octanol–water partition coefficient (Wildman–Crippen LogP) is 5.88. The van der Waals surface area contributed by atoms with E-state index in [4.69, 9.17) is 11.1 Å². The van der Waals surface area contributed by atoms with E-state index in [0.717, 1.165) is 61.2 Å². The van der Waals surface area contributed by atoms with Crippen LogP contribution in [0.3, 0.4) is 0 Å². The van der Waals surface area contributed by atoms with Crippen LogP contribution in [0.5, 0.6) is 0 Å². The zero-order valence-electron chi connectivity index (χ0n) is 27.3. The Morgan fingerprint density at radius 2 is 1.77 bits per heavy atom. The summed E-state index contributed by atoms with van der Waals surface area (Å²) in [5.41, 5.74) is 15.3. The van der Waals surface area contributed by atoms with Crippen molar-refractivity contribution in [3.8, 4) is 11.1 Å². The Morgan fingerprint density at radius 3 is 2.43 bits per heavy atom. The Hall–Kier alpha value is -5.02. The van der Waals surface area contributed by atoms with Crippen LogP contribution in [0.4, 0.5) is 5.69 Å². The Morgan fingerprint density at radius 1 is 1.00 bits per heavy atom. The number of amides is 2. The quantitative estimate of drug-likeness (QED) is 0.163. The number of anilines is 1. The van der Waals surface area contributed by atoms with Gasteiger partial charge in [0.1, 0.15) is 11.7 Å². The fourth-order valence-electron chi connectivity index (χ4n) is 6.85. The van der Waals surface area contributed by atoms with Crippen LogP contribution in [0.1, 0.15) is 71.8 Å². The van der Waals surface area contributed by atoms with Crippen LogP contribution in [-0.2, 0) is 24.8 Å². The maximum absolute atomic E-state index is 14.2. The molecule has 2 amide bonds. The van der Waals surface area contributed by atoms with E-state index < -0.39 is 6.04 Å². The SMILES string of the molecule is CC(=N)/C(=C(/C)N)c1ccc(NC(=O)C(NC(=O)c2ccnn2C)[C@@H]2CCCc3ccc(-c4cccc(CN5CCC5)c4)cc32)cc1. The fourth-order valence-corrected chi connectivity index (χ4v) is 6.85. The van der Waals surface area contributed by atoms with Crippen molar-refractivity contribution >= 4 is 28.8 Å². The molecule has 0 bridgehead atoms. The first-order valence-corrected chi connectivity index (χ1v) is 16.3. The molecule has 0 spiro atoms. The molecule has 9 nitrogen and oxygen atoms in total. The van der Waals surface area contributed by atoms with Gasteiger partial charge >= 0.3 is 0 Å². The van der Waals surface area contributed by atoms with E-state index in [2.05, 4.69) is 63.1 Å². The van der Waals surface area contributed by atoms with Crippen molar-refractivity contribution in [3.63, 3.8) is 0 Å². The number of carbonyl (C=O) groups excluding carboxylic acids is 2. The lowest BCUT2D eigenvalue weighted by molar-refractivity contribution is -0.118. The van der Waals surface area contributed by atoms with Gasteiger partial charge < -0.3 is 21.8 Å². The molecule has 1 fully saturated rings. The largest absolute Gasteiger partial charge is 0.402 e. The third-order valence-electron chi connectivity index (χ3n) is 9.36. The summed E-state index contributed by atoms with van der Waals surface area (Å²) in [5, 5.41) is 18.4. The number of likely N-dealkylation sites (tertiary alicyclic amines) is 1. The van der Waals surface area contributed by atoms with Crippen LogP contribution < -0.4 is 16.4 Å². The maximum atomic E-state index is 14.2. The summed E-state index contributed by atoms with van der Waals surface area (Å²) in [7, 11) is 1.71. The second-order valence-corrected chi connectivity index (χ2v) is 12.8. The standard InChI is InChI=1S/C38H43N7O2/c1-24(39)35(25(2)40)28-13-15-31(16-14-28)42-38(47)36(43-37(46)34-17-18-41-44(34)3)32-10-5-8-27-11-12-30(22-33(27)32)29-9-4-7-26(21-29)23-45-19-6-20-45/h4,7,9,11-18,21-22,32,36,39H,5-6,8,10,19-20,23,40H2,1-3H3,(H,42,47)(H,43,46)/b35-25+,39-24?/t32-,36?/m1/s1. The molecule has 1 aromatic heterocycles. The van der Waals surface area contributed by atoms with Gasteiger partial charge in [0.15, 0.2) is 0 Å². The van der Waals surface area contributed by atoms with Crippen molar-refractivity contribution in [2.45, 2.75) is 58.0 Å². The second kappa shape index (κ2) is 13.8. The van der Waals surface area contributed by atoms with Gasteiger partial charge in [0, 0.05) is 48.4 Å². The Labute approximate surface area is 276 Å². The van der Waals surface area contributed by atoms with Crippen molar-refractivity contribution in [1.29, 1.82) is 5.41 Å². The number of aryl methyl sites for hydroxylation is 2. The number of nitrogens with zero attached hydrogens (tertiary/aromatic N) is 3. The molecule has 2 heterocycles. The number of hydrogen-bond donors (Lipinski definition) is 4. The molecule has 5 N–H and O–H groups in total. The highest BCUT2D eigenvalue weighted by molar-refractivity contribution is 6.21. The van der Waals surface area contributed by atoms with Crippen LogP contribution in [0.2, 0.25) is 0 Å². The summed E-state index contributed by atoms with van der Waals surface area (Å²) < 4.78 is 1.51. The number of hydrogen-bond acceptors (Lipinski definition) is 6. The van der Waals surface area contributed by atoms with Gasteiger partial charge in [-0.3, -0.25) is 19.2 Å². The molecule has 47 heavy (non-hydrogen) atoms. The van der Waals surface area contributed by atoms with Gasteiger partial charge in [-0.25, -0.2) is 0 Å². The molecule has 3 aromatic carbocycles. The fraction of sp³-hybridized carbons (Fsp3) is 0.316. The molecular formula is C38H43N7O2. The lowest BCUT2D eigenvalue weighted by Crippen LogP contribution is -2.48. The highest BCUT2D eigenvalue weighted by Gasteiger charge is 2.35. The van der Waals surface area contributed by atoms with E-state index >= 15 is 0 Å². The van der Waals surface area contributed by atoms with E-state index in [9.17, 15) is 9.59 Å². The molecule has 0 saturated carbocycles. The van der Waals surface area contributed by atoms with E-state index in [1.807, 2.05) is 12.1 Å². The van der Waals surface area contributed by atoms with Crippen molar-refractivity contribution in [3.05, 3.63) is 113 Å². The molecule has 242 valence electrons. The third kappa shape index (κ3) is 7.05. The normalized spacial score (nSPS) is 17.1. The van der Waals surface area contributed by atoms with Crippen LogP contribution in [0, 0.1) is 5.41 Å². The smallest absolute Gasteiger partial charge is 0.270 e. The number of allylic oxidation sites excluding steroid dienone is 2. The molecule has 2 atom stereocenters. The first-order chi connectivity index (χ1) is 22.7. The monoisotopic (exact) mass is 629 g/mol. The van der Waals surface area contributed by atoms with Crippen LogP contribution in [-0.4, -0.2) is 51.3 Å². The number of nitrogens with two attached hydrogens (primary N) is 1. The van der Waals surface area contributed by atoms with Gasteiger partial charge in [0.25, 0.3) is 5.91 Å². The summed E-state index contributed by atoms with van der Waals surface area (Å²) in [6.07, 6.45) is 5.44. The van der Waals surface area contributed by atoms with E-state index in [-0.39, 0.29) is 17.7 Å². The summed E-state index contributed by atoms with van der Waals surface area (Å²) >= 11 is 0. The minimum Gasteiger partial charge on any atom is -0.402 e. The number of rotatable bonds is 10. The zero-order chi connectivity index (χ0) is 33.1. The topological polar surface area (TPSA) is 129 Å². The molecule has 1 aliphatic heterocycles. The highest BCUT2D eigenvalue weighted by Crippen LogP contribution is 2.37. The summed E-state index contributed by atoms with van der Waals surface area (Å²) in [6, 6.07) is 23.4. The van der Waals surface area contributed by atoms with Crippen molar-refractivity contribution < 1.29 is 9.59 Å². The van der Waals surface area contributed by atoms with E-state index in [1.54, 1.807) is 45.3 Å². The average Bonchev–Trinajstić information content (AvgIpc) is 3.47. The van der Waals surface area contributed by atoms with Crippen LogP contribution >= 0.6 is 0 Å². The molecule has 2 aliphatic rings. The second-order valence-electron chi connectivity index (χ2n) is 12.8. The minimum atomic E-state index is -0.824. The van der Waals surface area contributed by atoms with Crippen LogP contribution in [0.25, 0.3) is 16.7 Å². The Bertz CT molecular complexity index is 1830. The van der Waals surface area contributed by atoms with Crippen molar-refractivity contribution in [2.24, 2.45) is 12.8 Å². The van der Waals surface area contributed by atoms with Gasteiger partial charge in [-0.2, -0.15) is 5.10 Å². The Balaban J connectivity index is 1.31. The van der Waals surface area contributed by atoms with E-state index in [0.29, 0.717) is 28.4 Å². The molecule has 1 aliphatic carbocycles. The average molecular weight is 630 g/mol. The first-order valence-electron chi connectivity index (χ1n) is 16.3. The lowest BCUT2D eigenvalue weighted by Gasteiger charge is -2.33. The molecule has 1 saturated heterocycles. The van der Waals surface area contributed by atoms with Crippen LogP contribution in [0.15, 0.2) is 84.7 Å². The number of benzene rings is 3. The predicted molar refractivity (Wildman–Crippen MR) is 187 cm³/mol. The maximum Gasteiger partial charge on any atom is 0.270 e. The Kier molecular flexibility index (Phi) is 9.36. The van der Waals surface area contributed by atoms with Gasteiger partial charge in [0.05, 0.1) is 0 Å². The minimum absolute atomic E-state index is 0.227. The van der Waals surface area contributed by atoms with Gasteiger partial charge in [0.2, 0.25) is 5.91 Å². The third-order valence-corrected chi connectivity index (χ3v) is 9.36. The first kappa shape index (κ1) is 31.9. The van der Waals surface area contributed by atoms with Gasteiger partial charge in [-0.15, -0.1) is 0 Å². The molecule has 6 rings (SSSR count). The highest BCUT2D eigenvalue weighted by atomic mass is 16.2. The summed E-state index contributed by atoms with van der Waals surface area (Å²) in [6.45, 7) is 6.73. The van der Waals surface area contributed by atoms with Gasteiger partial charge in [-0.05, 0) is 110 Å². The molecule has 4 aromatic rings. The lowest BCUT2D eigenvalue weighted by atomic mass is 9.77.